The predicted octanol–water partition coefficient (Wildman–Crippen LogP) is 3.37. The van der Waals surface area contributed by atoms with Crippen LogP contribution in [0.1, 0.15) is 18.4 Å². The number of ether oxygens (including phenoxy) is 1. The second-order valence-electron chi connectivity index (χ2n) is 4.01. The summed E-state index contributed by atoms with van der Waals surface area (Å²) in [5.74, 6) is 0.439. The van der Waals surface area contributed by atoms with E-state index in [0.717, 1.165) is 29.8 Å². The molecule has 5 heteroatoms. The normalized spacial score (nSPS) is 14.5. The number of benzene rings is 1. The molecule has 0 atom stereocenters. The van der Waals surface area contributed by atoms with E-state index in [1.165, 1.54) is 0 Å². The van der Waals surface area contributed by atoms with E-state index in [0.29, 0.717) is 5.75 Å². The Balaban J connectivity index is 0.00000180. The molecule has 0 fully saturated rings. The van der Waals surface area contributed by atoms with Gasteiger partial charge < -0.3 is 10.1 Å². The van der Waals surface area contributed by atoms with Crippen molar-refractivity contribution in [1.82, 2.24) is 5.32 Å². The number of allylic oxidation sites excluding steroid dienone is 2. The van der Waals surface area contributed by atoms with Gasteiger partial charge >= 0.3 is 0 Å². The fourth-order valence-electron chi connectivity index (χ4n) is 1.67. The van der Waals surface area contributed by atoms with Gasteiger partial charge in [-0.1, -0.05) is 6.58 Å². The molecule has 1 radical (unpaired) electrons. The van der Waals surface area contributed by atoms with Gasteiger partial charge in [-0.3, -0.25) is 0 Å². The van der Waals surface area contributed by atoms with Crippen molar-refractivity contribution in [3.05, 3.63) is 48.2 Å². The van der Waals surface area contributed by atoms with Crippen LogP contribution in [0.3, 0.4) is 0 Å². The van der Waals surface area contributed by atoms with Crippen molar-refractivity contribution >= 4 is 5.70 Å². The monoisotopic (exact) mass is 339 g/mol. The van der Waals surface area contributed by atoms with Crippen LogP contribution in [0.2, 0.25) is 0 Å². The molecule has 0 bridgehead atoms. The molecule has 1 aliphatic rings. The number of halogens is 2. The summed E-state index contributed by atoms with van der Waals surface area (Å²) in [5.41, 5.74) is 2.79. The molecule has 0 aromatic heterocycles. The maximum atomic E-state index is 12.0. The van der Waals surface area contributed by atoms with Gasteiger partial charge in [0.05, 0.1) is 0 Å². The Morgan fingerprint density at radius 3 is 2.58 bits per heavy atom. The summed E-state index contributed by atoms with van der Waals surface area (Å²) < 4.78 is 28.9. The number of alkyl halides is 2. The summed E-state index contributed by atoms with van der Waals surface area (Å²) in [6, 6.07) is 6.97. The molecule has 2 rings (SSSR count). The first-order valence-corrected chi connectivity index (χ1v) is 5.72. The van der Waals surface area contributed by atoms with E-state index in [2.05, 4.69) is 18.0 Å². The number of nitrogens with one attached hydrogen (secondary N) is 1. The van der Waals surface area contributed by atoms with E-state index in [9.17, 15) is 8.78 Å². The molecule has 0 amide bonds. The molecule has 2 nitrogen and oxygen atoms in total. The van der Waals surface area contributed by atoms with E-state index in [1.54, 1.807) is 12.1 Å². The molecule has 1 aliphatic heterocycles. The van der Waals surface area contributed by atoms with Crippen molar-refractivity contribution < 1.29 is 46.2 Å². The van der Waals surface area contributed by atoms with Crippen molar-refractivity contribution in [2.24, 2.45) is 0 Å². The van der Waals surface area contributed by atoms with Gasteiger partial charge in [0.1, 0.15) is 12.4 Å². The fraction of sp³-hybridized carbons (Fsp3) is 0.286. The molecule has 0 saturated heterocycles. The van der Waals surface area contributed by atoms with E-state index < -0.39 is 13.0 Å². The quantitative estimate of drug-likeness (QED) is 0.850. The molecule has 19 heavy (non-hydrogen) atoms. The van der Waals surface area contributed by atoms with Crippen LogP contribution in [0.25, 0.3) is 5.70 Å². The van der Waals surface area contributed by atoms with Gasteiger partial charge in [-0.05, 0) is 18.6 Å². The van der Waals surface area contributed by atoms with Gasteiger partial charge in [0, 0.05) is 38.4 Å². The summed E-state index contributed by atoms with van der Waals surface area (Å²) in [4.78, 5) is 0. The third-order valence-corrected chi connectivity index (χ3v) is 2.55. The van der Waals surface area contributed by atoms with Crippen LogP contribution in [0.15, 0.2) is 36.5 Å². The Kier molecular flexibility index (Phi) is 6.66. The first kappa shape index (κ1) is 16.3. The van der Waals surface area contributed by atoms with Gasteiger partial charge in [-0.25, -0.2) is 14.9 Å². The summed E-state index contributed by atoms with van der Waals surface area (Å²) in [6.45, 7) is 3.30. The molecule has 0 aliphatic carbocycles. The topological polar surface area (TPSA) is 21.3 Å². The summed E-state index contributed by atoms with van der Waals surface area (Å²) in [6.07, 6.45) is 2.49. The average molecular weight is 339 g/mol. The Morgan fingerprint density at radius 1 is 1.32 bits per heavy atom. The van der Waals surface area contributed by atoms with E-state index in [-0.39, 0.29) is 32.7 Å². The third kappa shape index (κ3) is 5.04. The van der Waals surface area contributed by atoms with Crippen LogP contribution in [-0.4, -0.2) is 13.0 Å². The zero-order valence-corrected chi connectivity index (χ0v) is 13.3. The Labute approximate surface area is 136 Å². The van der Waals surface area contributed by atoms with Gasteiger partial charge in [0.2, 0.25) is 0 Å². The molecular weight excluding hydrogens is 325 g/mol. The van der Waals surface area contributed by atoms with Crippen LogP contribution in [0.5, 0.6) is 5.75 Å². The Hall–Kier alpha value is -0.736. The fourth-order valence-corrected chi connectivity index (χ4v) is 1.67. The zero-order valence-electron chi connectivity index (χ0n) is 10.5. The molecular formula is C14H14F2NOY-. The molecule has 1 aromatic rings. The molecule has 0 spiro atoms. The SMILES string of the molecule is C=C1CC[C-]=C(c2ccc(OCC(F)F)cc2)N1.[Y]. The van der Waals surface area contributed by atoms with Gasteiger partial charge in [-0.2, -0.15) is 5.56 Å². The van der Waals surface area contributed by atoms with Crippen LogP contribution in [0.4, 0.5) is 8.78 Å². The molecule has 99 valence electrons. The minimum atomic E-state index is -2.45. The number of hydrogen-bond acceptors (Lipinski definition) is 2. The number of rotatable bonds is 4. The van der Waals surface area contributed by atoms with Crippen molar-refractivity contribution in [2.75, 3.05) is 6.61 Å². The van der Waals surface area contributed by atoms with E-state index in [4.69, 9.17) is 4.74 Å². The first-order valence-electron chi connectivity index (χ1n) is 5.72. The second kappa shape index (κ2) is 7.76. The molecule has 1 N–H and O–H groups in total. The van der Waals surface area contributed by atoms with Crippen molar-refractivity contribution in [3.8, 4) is 5.75 Å². The molecule has 0 saturated carbocycles. The van der Waals surface area contributed by atoms with Gasteiger partial charge in [0.15, 0.2) is 0 Å². The predicted molar refractivity (Wildman–Crippen MR) is 66.1 cm³/mol. The van der Waals surface area contributed by atoms with Crippen LogP contribution < -0.4 is 10.1 Å². The second-order valence-corrected chi connectivity index (χ2v) is 4.01. The maximum absolute atomic E-state index is 12.0. The minimum absolute atomic E-state index is 0. The third-order valence-electron chi connectivity index (χ3n) is 2.55. The minimum Gasteiger partial charge on any atom is -0.488 e. The van der Waals surface area contributed by atoms with E-state index in [1.807, 2.05) is 12.1 Å². The zero-order chi connectivity index (χ0) is 13.0. The average Bonchev–Trinajstić information content (AvgIpc) is 2.37. The summed E-state index contributed by atoms with van der Waals surface area (Å²) in [7, 11) is 0. The standard InChI is InChI=1S/C14H14F2NO.Y/c1-10-3-2-4-13(17-10)11-5-7-12(8-6-11)18-9-14(15)16;/h5-8,14,17H,1-3,9H2;/q-1;. The number of hydrogen-bond donors (Lipinski definition) is 1. The summed E-state index contributed by atoms with van der Waals surface area (Å²) in [5, 5.41) is 3.15. The Bertz CT molecular complexity index is 457. The summed E-state index contributed by atoms with van der Waals surface area (Å²) >= 11 is 0. The Morgan fingerprint density at radius 2 is 2.00 bits per heavy atom. The molecule has 0 unspecified atom stereocenters. The largest absolute Gasteiger partial charge is 0.488 e. The van der Waals surface area contributed by atoms with Crippen LogP contribution >= 0.6 is 0 Å². The van der Waals surface area contributed by atoms with Crippen molar-refractivity contribution in [3.63, 3.8) is 0 Å². The molecule has 1 heterocycles. The smallest absolute Gasteiger partial charge is 0.272 e. The van der Waals surface area contributed by atoms with Crippen molar-refractivity contribution in [2.45, 2.75) is 19.3 Å². The molecule has 1 aromatic carbocycles. The van der Waals surface area contributed by atoms with Crippen LogP contribution in [0, 0.1) is 6.08 Å². The van der Waals surface area contributed by atoms with Crippen molar-refractivity contribution in [1.29, 1.82) is 0 Å². The van der Waals surface area contributed by atoms with Gasteiger partial charge in [0.25, 0.3) is 6.43 Å². The van der Waals surface area contributed by atoms with Gasteiger partial charge in [-0.15, -0.1) is 24.3 Å². The maximum Gasteiger partial charge on any atom is 0.272 e. The first-order chi connectivity index (χ1) is 8.65. The van der Waals surface area contributed by atoms with E-state index >= 15 is 0 Å². The van der Waals surface area contributed by atoms with Crippen LogP contribution in [-0.2, 0) is 32.7 Å².